The van der Waals surface area contributed by atoms with Crippen LogP contribution in [0, 0.1) is 0 Å². The highest BCUT2D eigenvalue weighted by Crippen LogP contribution is 2.28. The van der Waals surface area contributed by atoms with E-state index in [1.165, 1.54) is 6.33 Å². The van der Waals surface area contributed by atoms with Crippen molar-refractivity contribution in [2.75, 3.05) is 18.1 Å². The van der Waals surface area contributed by atoms with Gasteiger partial charge in [-0.25, -0.2) is 9.67 Å². The van der Waals surface area contributed by atoms with Gasteiger partial charge in [-0.15, -0.1) is 0 Å². The van der Waals surface area contributed by atoms with Crippen LogP contribution in [-0.2, 0) is 12.1 Å². The van der Waals surface area contributed by atoms with E-state index in [4.69, 9.17) is 5.73 Å². The zero-order chi connectivity index (χ0) is 14.4. The maximum atomic E-state index is 11.0. The van der Waals surface area contributed by atoms with Crippen LogP contribution in [0.2, 0.25) is 0 Å². The molecule has 1 heterocycles. The van der Waals surface area contributed by atoms with Gasteiger partial charge in [0.1, 0.15) is 18.3 Å². The van der Waals surface area contributed by atoms with Crippen molar-refractivity contribution >= 4 is 27.7 Å². The van der Waals surface area contributed by atoms with Crippen LogP contribution in [0.3, 0.4) is 0 Å². The fourth-order valence-electron chi connectivity index (χ4n) is 1.89. The zero-order valence-corrected chi connectivity index (χ0v) is 13.3. The molecule has 0 amide bonds. The second-order valence-electron chi connectivity index (χ2n) is 4.47. The van der Waals surface area contributed by atoms with Crippen molar-refractivity contribution in [3.8, 4) is 0 Å². The van der Waals surface area contributed by atoms with Crippen molar-refractivity contribution in [3.63, 3.8) is 0 Å². The summed E-state index contributed by atoms with van der Waals surface area (Å²) in [4.78, 5) is 3.92. The molecule has 0 spiro atoms. The first-order chi connectivity index (χ1) is 9.64. The molecule has 7 heteroatoms. The molecule has 0 aliphatic rings. The van der Waals surface area contributed by atoms with Crippen molar-refractivity contribution in [1.29, 1.82) is 0 Å². The van der Waals surface area contributed by atoms with Crippen LogP contribution in [0.15, 0.2) is 41.4 Å². The van der Waals surface area contributed by atoms with Gasteiger partial charge in [0.2, 0.25) is 0 Å². The van der Waals surface area contributed by atoms with Crippen molar-refractivity contribution in [3.05, 3.63) is 47.0 Å². The number of thioether (sulfide) groups is 1. The summed E-state index contributed by atoms with van der Waals surface area (Å²) in [6, 6.07) is 7.69. The lowest BCUT2D eigenvalue weighted by Crippen LogP contribution is -2.34. The van der Waals surface area contributed by atoms with E-state index in [0.29, 0.717) is 18.8 Å². The van der Waals surface area contributed by atoms with E-state index in [9.17, 15) is 5.11 Å². The molecule has 5 nitrogen and oxygen atoms in total. The minimum atomic E-state index is -0.992. The first-order valence-electron chi connectivity index (χ1n) is 6.23. The molecule has 2 aromatic rings. The maximum absolute atomic E-state index is 11.0. The molecule has 0 bridgehead atoms. The van der Waals surface area contributed by atoms with Crippen molar-refractivity contribution in [2.24, 2.45) is 5.73 Å². The Morgan fingerprint density at radius 1 is 1.35 bits per heavy atom. The molecule has 3 N–H and O–H groups in total. The van der Waals surface area contributed by atoms with E-state index in [1.54, 1.807) is 22.8 Å². The number of nitrogens with zero attached hydrogens (tertiary/aromatic N) is 3. The smallest absolute Gasteiger partial charge is 0.137 e. The van der Waals surface area contributed by atoms with Gasteiger partial charge < -0.3 is 10.8 Å². The van der Waals surface area contributed by atoms with Gasteiger partial charge in [0.15, 0.2) is 0 Å². The Hall–Kier alpha value is -0.890. The Bertz CT molecular complexity index is 520. The molecule has 1 unspecified atom stereocenters. The highest BCUT2D eigenvalue weighted by molar-refractivity contribution is 9.10. The van der Waals surface area contributed by atoms with Crippen molar-refractivity contribution in [2.45, 2.75) is 12.1 Å². The average molecular weight is 357 g/mol. The second kappa shape index (κ2) is 7.21. The molecule has 20 heavy (non-hydrogen) atoms. The normalized spacial score (nSPS) is 14.2. The van der Waals surface area contributed by atoms with Gasteiger partial charge in [-0.3, -0.25) is 0 Å². The predicted octanol–water partition coefficient (Wildman–Crippen LogP) is 1.62. The SMILES string of the molecule is NCCSCC(O)(Cn1cncn1)c1ccc(Br)cc1. The zero-order valence-electron chi connectivity index (χ0n) is 10.9. The van der Waals surface area contributed by atoms with Gasteiger partial charge in [-0.1, -0.05) is 28.1 Å². The minimum Gasteiger partial charge on any atom is -0.382 e. The van der Waals surface area contributed by atoms with Crippen LogP contribution in [0.5, 0.6) is 0 Å². The summed E-state index contributed by atoms with van der Waals surface area (Å²) in [6.07, 6.45) is 3.08. The van der Waals surface area contributed by atoms with E-state index in [0.717, 1.165) is 15.8 Å². The summed E-state index contributed by atoms with van der Waals surface area (Å²) in [5.74, 6) is 1.38. The molecule has 1 aromatic carbocycles. The number of rotatable bonds is 7. The number of hydrogen-bond acceptors (Lipinski definition) is 5. The topological polar surface area (TPSA) is 77.0 Å². The van der Waals surface area contributed by atoms with Gasteiger partial charge in [0.25, 0.3) is 0 Å². The third-order valence-corrected chi connectivity index (χ3v) is 4.61. The fraction of sp³-hybridized carbons (Fsp3) is 0.385. The van der Waals surface area contributed by atoms with Crippen LogP contribution in [0.25, 0.3) is 0 Å². The Balaban J connectivity index is 2.20. The number of aromatic nitrogens is 3. The highest BCUT2D eigenvalue weighted by Gasteiger charge is 2.30. The van der Waals surface area contributed by atoms with Crippen LogP contribution < -0.4 is 5.73 Å². The van der Waals surface area contributed by atoms with E-state index >= 15 is 0 Å². The van der Waals surface area contributed by atoms with E-state index in [2.05, 4.69) is 26.0 Å². The minimum absolute atomic E-state index is 0.367. The van der Waals surface area contributed by atoms with E-state index < -0.39 is 5.60 Å². The Morgan fingerprint density at radius 3 is 2.70 bits per heavy atom. The third-order valence-electron chi connectivity index (χ3n) is 2.87. The third kappa shape index (κ3) is 4.05. The predicted molar refractivity (Wildman–Crippen MR) is 84.4 cm³/mol. The van der Waals surface area contributed by atoms with Crippen LogP contribution in [0.1, 0.15) is 5.56 Å². The molecule has 1 atom stereocenters. The summed E-state index contributed by atoms with van der Waals surface area (Å²) in [7, 11) is 0. The van der Waals surface area contributed by atoms with Gasteiger partial charge in [0.05, 0.1) is 6.54 Å². The maximum Gasteiger partial charge on any atom is 0.137 e. The quantitative estimate of drug-likeness (QED) is 0.737. The van der Waals surface area contributed by atoms with Gasteiger partial charge in [-0.05, 0) is 17.7 Å². The van der Waals surface area contributed by atoms with Gasteiger partial charge in [0, 0.05) is 22.5 Å². The summed E-state index contributed by atoms with van der Waals surface area (Å²) in [6.45, 7) is 0.969. The Kier molecular flexibility index (Phi) is 5.59. The summed E-state index contributed by atoms with van der Waals surface area (Å²) >= 11 is 5.04. The monoisotopic (exact) mass is 356 g/mol. The van der Waals surface area contributed by atoms with E-state index in [1.807, 2.05) is 24.3 Å². The summed E-state index contributed by atoms with van der Waals surface area (Å²) < 4.78 is 2.63. The first kappa shape index (κ1) is 15.5. The Labute approximate surface area is 130 Å². The first-order valence-corrected chi connectivity index (χ1v) is 8.17. The molecule has 0 fully saturated rings. The molecule has 0 saturated heterocycles. The van der Waals surface area contributed by atoms with Crippen LogP contribution in [-0.4, -0.2) is 37.9 Å². The molecule has 0 radical (unpaired) electrons. The summed E-state index contributed by atoms with van der Waals surface area (Å²) in [5, 5.41) is 15.1. The lowest BCUT2D eigenvalue weighted by atomic mass is 9.96. The van der Waals surface area contributed by atoms with Gasteiger partial charge in [-0.2, -0.15) is 16.9 Å². The molecule has 2 rings (SSSR count). The van der Waals surface area contributed by atoms with Gasteiger partial charge >= 0.3 is 0 Å². The standard InChI is InChI=1S/C13H17BrN4OS/c14-12-3-1-11(2-4-12)13(19,8-20-6-5-15)7-18-10-16-9-17-18/h1-4,9-10,19H,5-8,15H2. The fourth-order valence-corrected chi connectivity index (χ4v) is 3.06. The lowest BCUT2D eigenvalue weighted by molar-refractivity contribution is 0.0396. The lowest BCUT2D eigenvalue weighted by Gasteiger charge is -2.28. The Morgan fingerprint density at radius 2 is 2.10 bits per heavy atom. The summed E-state index contributed by atoms with van der Waals surface area (Å²) in [5.41, 5.74) is 5.39. The number of benzene rings is 1. The van der Waals surface area contributed by atoms with E-state index in [-0.39, 0.29) is 0 Å². The number of nitrogens with two attached hydrogens (primary N) is 1. The van der Waals surface area contributed by atoms with Crippen molar-refractivity contribution < 1.29 is 5.11 Å². The van der Waals surface area contributed by atoms with Crippen LogP contribution >= 0.6 is 27.7 Å². The average Bonchev–Trinajstić information content (AvgIpc) is 2.92. The second-order valence-corrected chi connectivity index (χ2v) is 6.49. The molecule has 0 saturated carbocycles. The number of hydrogen-bond donors (Lipinski definition) is 2. The molecule has 108 valence electrons. The number of halogens is 1. The molecule has 0 aliphatic heterocycles. The molecule has 1 aromatic heterocycles. The highest BCUT2D eigenvalue weighted by atomic mass is 79.9. The molecule has 0 aliphatic carbocycles. The largest absolute Gasteiger partial charge is 0.382 e. The molecular formula is C13H17BrN4OS. The van der Waals surface area contributed by atoms with Crippen LogP contribution in [0.4, 0.5) is 0 Å². The van der Waals surface area contributed by atoms with Crippen molar-refractivity contribution in [1.82, 2.24) is 14.8 Å². The number of aliphatic hydroxyl groups is 1. The molecular weight excluding hydrogens is 340 g/mol.